The Hall–Kier alpha value is -1.98. The van der Waals surface area contributed by atoms with Crippen molar-refractivity contribution in [2.45, 2.75) is 44.9 Å². The van der Waals surface area contributed by atoms with Gasteiger partial charge in [-0.05, 0) is 48.6 Å². The van der Waals surface area contributed by atoms with Crippen molar-refractivity contribution in [2.75, 3.05) is 5.32 Å². The molecule has 1 aliphatic rings. The largest absolute Gasteiger partial charge is 0.355 e. The molecule has 3 aromatic heterocycles. The van der Waals surface area contributed by atoms with Crippen molar-refractivity contribution < 1.29 is 0 Å². The zero-order chi connectivity index (χ0) is 18.2. The maximum absolute atomic E-state index is 4.66. The standard InChI is InChI=1S/C22H23N3S2/c1-14-5-3-2-4-6-16(14)21-12-17-18(9-10-23-22(17)27-21)25-15-7-8-20-19(11-15)24-13-26-20/h7-14,16H,2-6H2,1H3,(H,23,25). The van der Waals surface area contributed by atoms with Gasteiger partial charge >= 0.3 is 0 Å². The summed E-state index contributed by atoms with van der Waals surface area (Å²) in [5.41, 5.74) is 5.17. The number of thiazole rings is 1. The lowest BCUT2D eigenvalue weighted by atomic mass is 9.88. The highest BCUT2D eigenvalue weighted by Gasteiger charge is 2.24. The predicted molar refractivity (Wildman–Crippen MR) is 118 cm³/mol. The van der Waals surface area contributed by atoms with E-state index in [2.05, 4.69) is 52.5 Å². The molecule has 0 saturated heterocycles. The Bertz CT molecular complexity index is 1080. The fourth-order valence-corrected chi connectivity index (χ4v) is 6.21. The zero-order valence-electron chi connectivity index (χ0n) is 15.4. The van der Waals surface area contributed by atoms with Crippen LogP contribution in [0.25, 0.3) is 20.4 Å². The second-order valence-corrected chi connectivity index (χ2v) is 9.56. The average Bonchev–Trinajstić information content (AvgIpc) is 3.26. The van der Waals surface area contributed by atoms with Crippen molar-refractivity contribution in [1.82, 2.24) is 9.97 Å². The van der Waals surface area contributed by atoms with E-state index in [1.165, 1.54) is 47.1 Å². The van der Waals surface area contributed by atoms with Crippen LogP contribution in [0.3, 0.4) is 0 Å². The second kappa shape index (κ2) is 7.21. The Kier molecular flexibility index (Phi) is 4.58. The summed E-state index contributed by atoms with van der Waals surface area (Å²) in [4.78, 5) is 11.7. The smallest absolute Gasteiger partial charge is 0.125 e. The fraction of sp³-hybridized carbons (Fsp3) is 0.364. The van der Waals surface area contributed by atoms with Crippen molar-refractivity contribution in [3.8, 4) is 0 Å². The first kappa shape index (κ1) is 17.1. The highest BCUT2D eigenvalue weighted by Crippen LogP contribution is 2.42. The van der Waals surface area contributed by atoms with Crippen LogP contribution in [-0.4, -0.2) is 9.97 Å². The molecule has 0 bridgehead atoms. The van der Waals surface area contributed by atoms with Gasteiger partial charge < -0.3 is 5.32 Å². The first-order chi connectivity index (χ1) is 13.3. The summed E-state index contributed by atoms with van der Waals surface area (Å²) in [6.45, 7) is 2.43. The first-order valence-corrected chi connectivity index (χ1v) is 11.5. The van der Waals surface area contributed by atoms with Gasteiger partial charge in [-0.15, -0.1) is 22.7 Å². The molecule has 0 spiro atoms. The summed E-state index contributed by atoms with van der Waals surface area (Å²) < 4.78 is 1.22. The van der Waals surface area contributed by atoms with E-state index in [-0.39, 0.29) is 0 Å². The molecule has 4 aromatic rings. The lowest BCUT2D eigenvalue weighted by Crippen LogP contribution is -2.06. The fourth-order valence-electron chi connectivity index (χ4n) is 4.26. The summed E-state index contributed by atoms with van der Waals surface area (Å²) >= 11 is 3.56. The van der Waals surface area contributed by atoms with Gasteiger partial charge in [0, 0.05) is 22.1 Å². The molecule has 2 unspecified atom stereocenters. The molecule has 1 saturated carbocycles. The molecule has 0 aliphatic heterocycles. The minimum absolute atomic E-state index is 0.686. The number of hydrogen-bond donors (Lipinski definition) is 1. The number of hydrogen-bond acceptors (Lipinski definition) is 5. The Morgan fingerprint density at radius 3 is 2.93 bits per heavy atom. The minimum atomic E-state index is 0.686. The van der Waals surface area contributed by atoms with Crippen molar-refractivity contribution in [3.63, 3.8) is 0 Å². The quantitative estimate of drug-likeness (QED) is 0.370. The van der Waals surface area contributed by atoms with Crippen molar-refractivity contribution >= 4 is 54.5 Å². The number of nitrogens with zero attached hydrogens (tertiary/aromatic N) is 2. The van der Waals surface area contributed by atoms with E-state index < -0.39 is 0 Å². The van der Waals surface area contributed by atoms with Crippen molar-refractivity contribution in [2.24, 2.45) is 5.92 Å². The molecule has 0 amide bonds. The van der Waals surface area contributed by atoms with Gasteiger partial charge in [-0.25, -0.2) is 9.97 Å². The third kappa shape index (κ3) is 3.34. The molecule has 0 radical (unpaired) electrons. The van der Waals surface area contributed by atoms with E-state index in [4.69, 9.17) is 0 Å². The SMILES string of the molecule is CC1CCCCCC1c1cc2c(Nc3ccc4scnc4c3)ccnc2s1. The van der Waals surface area contributed by atoms with Crippen molar-refractivity contribution in [1.29, 1.82) is 0 Å². The highest BCUT2D eigenvalue weighted by molar-refractivity contribution is 7.18. The number of pyridine rings is 1. The van der Waals surface area contributed by atoms with Gasteiger partial charge in [0.2, 0.25) is 0 Å². The second-order valence-electron chi connectivity index (χ2n) is 7.61. The van der Waals surface area contributed by atoms with E-state index >= 15 is 0 Å². The van der Waals surface area contributed by atoms with Crippen LogP contribution in [0.2, 0.25) is 0 Å². The Balaban J connectivity index is 1.50. The number of anilines is 2. The molecule has 1 aliphatic carbocycles. The molecule has 3 nitrogen and oxygen atoms in total. The van der Waals surface area contributed by atoms with Crippen molar-refractivity contribution in [3.05, 3.63) is 46.9 Å². The number of fused-ring (bicyclic) bond motifs is 2. The van der Waals surface area contributed by atoms with E-state index in [0.717, 1.165) is 27.6 Å². The van der Waals surface area contributed by atoms with Crippen LogP contribution < -0.4 is 5.32 Å². The van der Waals surface area contributed by atoms with Gasteiger partial charge in [0.15, 0.2) is 0 Å². The molecule has 3 heterocycles. The normalized spacial score (nSPS) is 20.8. The molecule has 1 N–H and O–H groups in total. The Labute approximate surface area is 167 Å². The summed E-state index contributed by atoms with van der Waals surface area (Å²) in [6, 6.07) is 10.9. The van der Waals surface area contributed by atoms with Crippen LogP contribution in [0.15, 0.2) is 42.0 Å². The lowest BCUT2D eigenvalue weighted by Gasteiger charge is -2.19. The molecule has 5 heteroatoms. The van der Waals surface area contributed by atoms with Gasteiger partial charge in [-0.3, -0.25) is 0 Å². The van der Waals surface area contributed by atoms with Gasteiger partial charge in [-0.1, -0.05) is 32.6 Å². The lowest BCUT2D eigenvalue weighted by molar-refractivity contribution is 0.440. The number of nitrogens with one attached hydrogen (secondary N) is 1. The third-order valence-corrected chi connectivity index (χ3v) is 7.78. The minimum Gasteiger partial charge on any atom is -0.355 e. The molecule has 2 atom stereocenters. The third-order valence-electron chi connectivity index (χ3n) is 5.79. The van der Waals surface area contributed by atoms with E-state index in [9.17, 15) is 0 Å². The molecule has 27 heavy (non-hydrogen) atoms. The van der Waals surface area contributed by atoms with Crippen LogP contribution in [-0.2, 0) is 0 Å². The maximum atomic E-state index is 4.66. The van der Waals surface area contributed by atoms with E-state index in [1.807, 2.05) is 23.0 Å². The van der Waals surface area contributed by atoms with Gasteiger partial charge in [-0.2, -0.15) is 0 Å². The molecular formula is C22H23N3S2. The average molecular weight is 394 g/mol. The van der Waals surface area contributed by atoms with E-state index in [0.29, 0.717) is 5.92 Å². The van der Waals surface area contributed by atoms with Gasteiger partial charge in [0.05, 0.1) is 21.4 Å². The van der Waals surface area contributed by atoms with Crippen LogP contribution in [0.1, 0.15) is 49.8 Å². The Morgan fingerprint density at radius 2 is 1.96 bits per heavy atom. The molecule has 5 rings (SSSR count). The monoisotopic (exact) mass is 393 g/mol. The number of aromatic nitrogens is 2. The van der Waals surface area contributed by atoms with Crippen LogP contribution in [0.4, 0.5) is 11.4 Å². The van der Waals surface area contributed by atoms with Gasteiger partial charge in [0.1, 0.15) is 4.83 Å². The molecule has 1 fully saturated rings. The molecular weight excluding hydrogens is 370 g/mol. The zero-order valence-corrected chi connectivity index (χ0v) is 17.1. The number of rotatable bonds is 3. The summed E-state index contributed by atoms with van der Waals surface area (Å²) in [5.74, 6) is 1.45. The topological polar surface area (TPSA) is 37.8 Å². The summed E-state index contributed by atoms with van der Waals surface area (Å²) in [7, 11) is 0. The summed E-state index contributed by atoms with van der Waals surface area (Å²) in [5, 5.41) is 4.84. The van der Waals surface area contributed by atoms with Crippen LogP contribution in [0, 0.1) is 5.92 Å². The highest BCUT2D eigenvalue weighted by atomic mass is 32.1. The van der Waals surface area contributed by atoms with Crippen LogP contribution >= 0.6 is 22.7 Å². The van der Waals surface area contributed by atoms with Gasteiger partial charge in [0.25, 0.3) is 0 Å². The Morgan fingerprint density at radius 1 is 1.04 bits per heavy atom. The van der Waals surface area contributed by atoms with Crippen LogP contribution in [0.5, 0.6) is 0 Å². The number of thiophene rings is 1. The van der Waals surface area contributed by atoms with E-state index in [1.54, 1.807) is 11.3 Å². The first-order valence-electron chi connectivity index (χ1n) is 9.76. The number of benzene rings is 1. The predicted octanol–water partition coefficient (Wildman–Crippen LogP) is 7.33. The molecule has 1 aromatic carbocycles. The maximum Gasteiger partial charge on any atom is 0.125 e. The summed E-state index contributed by atoms with van der Waals surface area (Å²) in [6.07, 6.45) is 8.71. The molecule has 138 valence electrons.